The summed E-state index contributed by atoms with van der Waals surface area (Å²) >= 11 is -1.97. The molecule has 0 aliphatic carbocycles. The zero-order valence-electron chi connectivity index (χ0n) is 9.95. The first kappa shape index (κ1) is 11.2. The molecule has 0 unspecified atom stereocenters. The molecule has 0 spiro atoms. The van der Waals surface area contributed by atoms with Crippen molar-refractivity contribution in [2.24, 2.45) is 0 Å². The van der Waals surface area contributed by atoms with Crippen molar-refractivity contribution in [1.82, 2.24) is 4.98 Å². The number of nitrogens with zero attached hydrogens (tertiary/aromatic N) is 2. The Hall–Kier alpha value is -0.251. The fourth-order valence-corrected chi connectivity index (χ4v) is 4.98. The summed E-state index contributed by atoms with van der Waals surface area (Å²) in [7, 11) is 0. The van der Waals surface area contributed by atoms with Gasteiger partial charge in [-0.25, -0.2) is 0 Å². The van der Waals surface area contributed by atoms with Crippen molar-refractivity contribution in [2.75, 3.05) is 18.0 Å². The molecule has 2 heterocycles. The van der Waals surface area contributed by atoms with E-state index in [2.05, 4.69) is 36.8 Å². The fraction of sp³-hybridized carbons (Fsp3) is 0.583. The molecule has 1 aliphatic heterocycles. The monoisotopic (exact) mass is 312 g/mol. The fourth-order valence-electron chi connectivity index (χ4n) is 2.00. The van der Waals surface area contributed by atoms with Gasteiger partial charge in [-0.2, -0.15) is 0 Å². The van der Waals surface area contributed by atoms with Gasteiger partial charge in [-0.1, -0.05) is 0 Å². The molecule has 1 aliphatic rings. The van der Waals surface area contributed by atoms with E-state index in [4.69, 9.17) is 0 Å². The number of rotatable bonds is 2. The molecule has 0 bridgehead atoms. The van der Waals surface area contributed by atoms with Gasteiger partial charge in [0.1, 0.15) is 0 Å². The third-order valence-electron chi connectivity index (χ3n) is 2.98. The Morgan fingerprint density at radius 1 is 1.20 bits per heavy atom. The minimum absolute atomic E-state index is 1.23. The van der Waals surface area contributed by atoms with E-state index < -0.39 is 18.4 Å². The van der Waals surface area contributed by atoms with Crippen molar-refractivity contribution in [3.05, 3.63) is 18.3 Å². The summed E-state index contributed by atoms with van der Waals surface area (Å²) < 4.78 is 1.40. The van der Waals surface area contributed by atoms with Crippen molar-refractivity contribution in [1.29, 1.82) is 0 Å². The Labute approximate surface area is 96.6 Å². The Balaban J connectivity index is 2.26. The van der Waals surface area contributed by atoms with Crippen LogP contribution in [0.4, 0.5) is 5.69 Å². The van der Waals surface area contributed by atoms with Crippen LogP contribution in [0.5, 0.6) is 0 Å². The van der Waals surface area contributed by atoms with Crippen LogP contribution in [0.3, 0.4) is 0 Å². The predicted molar refractivity (Wildman–Crippen MR) is 68.7 cm³/mol. The number of aromatic nitrogens is 1. The standard InChI is InChI=1S/C9H11N2.3CH3.Sn/c1-2-8-11(7-1)9-3-5-10-6-4-9;;;;/h3-5H,1-2,7-8H2;3*1H3;. The average Bonchev–Trinajstić information content (AvgIpc) is 2.69. The third kappa shape index (κ3) is 2.65. The molecule has 0 N–H and O–H groups in total. The molecule has 0 aromatic carbocycles. The van der Waals surface area contributed by atoms with Crippen LogP contribution in [-0.4, -0.2) is 36.5 Å². The third-order valence-corrected chi connectivity index (χ3v) is 8.15. The van der Waals surface area contributed by atoms with Crippen molar-refractivity contribution in [3.8, 4) is 0 Å². The van der Waals surface area contributed by atoms with E-state index in [9.17, 15) is 0 Å². The molecule has 2 nitrogen and oxygen atoms in total. The average molecular weight is 311 g/mol. The van der Waals surface area contributed by atoms with Gasteiger partial charge in [-0.3, -0.25) is 0 Å². The second-order valence-corrected chi connectivity index (χ2v) is 19.6. The first-order chi connectivity index (χ1) is 7.07. The van der Waals surface area contributed by atoms with Gasteiger partial charge in [0.15, 0.2) is 0 Å². The Kier molecular flexibility index (Phi) is 3.24. The van der Waals surface area contributed by atoms with E-state index in [1.54, 1.807) is 0 Å². The first-order valence-electron chi connectivity index (χ1n) is 5.79. The maximum absolute atomic E-state index is 4.55. The van der Waals surface area contributed by atoms with E-state index in [0.717, 1.165) is 0 Å². The summed E-state index contributed by atoms with van der Waals surface area (Å²) in [6.45, 7) is 2.45. The van der Waals surface area contributed by atoms with Crippen molar-refractivity contribution in [2.45, 2.75) is 27.7 Å². The molecule has 1 aromatic heterocycles. The van der Waals surface area contributed by atoms with Gasteiger partial charge in [0.05, 0.1) is 0 Å². The van der Waals surface area contributed by atoms with E-state index in [1.807, 2.05) is 6.20 Å². The molecule has 82 valence electrons. The number of pyridine rings is 1. The molecule has 3 heteroatoms. The molecule has 0 radical (unpaired) electrons. The Bertz CT molecular complexity index is 338. The number of hydrogen-bond donors (Lipinski definition) is 0. The molecular weight excluding hydrogens is 291 g/mol. The number of anilines is 1. The van der Waals surface area contributed by atoms with Gasteiger partial charge < -0.3 is 0 Å². The van der Waals surface area contributed by atoms with Gasteiger partial charge in [0, 0.05) is 0 Å². The van der Waals surface area contributed by atoms with Gasteiger partial charge in [0.2, 0.25) is 0 Å². The van der Waals surface area contributed by atoms with E-state index >= 15 is 0 Å². The van der Waals surface area contributed by atoms with Crippen LogP contribution in [-0.2, 0) is 0 Å². The Morgan fingerprint density at radius 2 is 1.87 bits per heavy atom. The summed E-state index contributed by atoms with van der Waals surface area (Å²) in [4.78, 5) is 14.3. The zero-order chi connectivity index (χ0) is 10.9. The van der Waals surface area contributed by atoms with Gasteiger partial charge in [-0.15, -0.1) is 0 Å². The Morgan fingerprint density at radius 3 is 2.47 bits per heavy atom. The van der Waals surface area contributed by atoms with E-state index in [1.165, 1.54) is 35.3 Å². The van der Waals surface area contributed by atoms with Crippen molar-refractivity contribution in [3.63, 3.8) is 0 Å². The second kappa shape index (κ2) is 4.32. The zero-order valence-corrected chi connectivity index (χ0v) is 12.8. The minimum atomic E-state index is -1.97. The molecule has 0 amide bonds. The molecule has 15 heavy (non-hydrogen) atoms. The van der Waals surface area contributed by atoms with Gasteiger partial charge in [0.25, 0.3) is 0 Å². The summed E-state index contributed by atoms with van der Waals surface area (Å²) in [5.74, 6) is 0. The van der Waals surface area contributed by atoms with Gasteiger partial charge in [-0.05, 0) is 0 Å². The first-order valence-corrected chi connectivity index (χ1v) is 15.8. The molecule has 1 fully saturated rings. The maximum atomic E-state index is 4.55. The van der Waals surface area contributed by atoms with Crippen molar-refractivity contribution >= 4 is 27.8 Å². The second-order valence-electron chi connectivity index (χ2n) is 5.34. The van der Waals surface area contributed by atoms with Crippen LogP contribution < -0.4 is 8.61 Å². The van der Waals surface area contributed by atoms with E-state index in [0.29, 0.717) is 0 Å². The van der Waals surface area contributed by atoms with Crippen LogP contribution in [0.2, 0.25) is 14.8 Å². The van der Waals surface area contributed by atoms with Crippen LogP contribution in [0.1, 0.15) is 12.8 Å². The van der Waals surface area contributed by atoms with E-state index in [-0.39, 0.29) is 0 Å². The summed E-state index contributed by atoms with van der Waals surface area (Å²) in [5.41, 5.74) is 1.39. The van der Waals surface area contributed by atoms with Crippen LogP contribution >= 0.6 is 0 Å². The summed E-state index contributed by atoms with van der Waals surface area (Å²) in [6, 6.07) is 4.49. The molecule has 0 atom stereocenters. The number of hydrogen-bond acceptors (Lipinski definition) is 2. The van der Waals surface area contributed by atoms with Crippen LogP contribution in [0.15, 0.2) is 18.3 Å². The van der Waals surface area contributed by atoms with Crippen molar-refractivity contribution < 1.29 is 0 Å². The summed E-state index contributed by atoms with van der Waals surface area (Å²) in [6.07, 6.45) is 4.68. The van der Waals surface area contributed by atoms with Crippen LogP contribution in [0, 0.1) is 0 Å². The van der Waals surface area contributed by atoms with Crippen LogP contribution in [0.25, 0.3) is 0 Å². The topological polar surface area (TPSA) is 16.1 Å². The normalized spacial score (nSPS) is 17.1. The quantitative estimate of drug-likeness (QED) is 0.779. The molecule has 2 rings (SSSR count). The van der Waals surface area contributed by atoms with Gasteiger partial charge >= 0.3 is 96.7 Å². The molecule has 0 saturated carbocycles. The molecule has 1 aromatic rings. The predicted octanol–water partition coefficient (Wildman–Crippen LogP) is 2.23. The molecular formula is C12H20N2Sn. The molecule has 1 saturated heterocycles. The SMILES string of the molecule is [CH3][Sn]([CH3])([CH3])[c]1cc(N2CCCC2)ccn1. The summed E-state index contributed by atoms with van der Waals surface area (Å²) in [5, 5.41) is 0.